The Labute approximate surface area is 102 Å². The van der Waals surface area contributed by atoms with E-state index in [0.717, 1.165) is 5.56 Å². The first-order valence-electron chi connectivity index (χ1n) is 4.48. The van der Waals surface area contributed by atoms with E-state index in [1.807, 2.05) is 0 Å². The number of nitrogen functional groups attached to an aromatic ring is 1. The topological polar surface area (TPSA) is 43.8 Å². The van der Waals surface area contributed by atoms with E-state index < -0.39 is 5.82 Å². The van der Waals surface area contributed by atoms with Gasteiger partial charge in [0.15, 0.2) is 0 Å². The number of anilines is 1. The molecule has 0 unspecified atom stereocenters. The van der Waals surface area contributed by atoms with Gasteiger partial charge in [0.25, 0.3) is 0 Å². The van der Waals surface area contributed by atoms with Gasteiger partial charge in [-0.2, -0.15) is 5.10 Å². The van der Waals surface area contributed by atoms with Gasteiger partial charge in [-0.05, 0) is 17.7 Å². The molecule has 1 aromatic carbocycles. The second-order valence-electron chi connectivity index (χ2n) is 3.28. The molecule has 16 heavy (non-hydrogen) atoms. The van der Waals surface area contributed by atoms with Gasteiger partial charge in [0.05, 0.1) is 17.8 Å². The third-order valence-corrected chi connectivity index (χ3v) is 2.73. The fourth-order valence-corrected chi connectivity index (χ4v) is 1.65. The Morgan fingerprint density at radius 2 is 2.06 bits per heavy atom. The van der Waals surface area contributed by atoms with Crippen molar-refractivity contribution >= 4 is 29.0 Å². The molecule has 0 atom stereocenters. The third-order valence-electron chi connectivity index (χ3n) is 2.15. The molecule has 3 nitrogen and oxygen atoms in total. The Morgan fingerprint density at radius 3 is 2.62 bits per heavy atom. The van der Waals surface area contributed by atoms with Crippen LogP contribution in [0.2, 0.25) is 10.0 Å². The Bertz CT molecular complexity index is 525. The van der Waals surface area contributed by atoms with Gasteiger partial charge in [-0.3, -0.25) is 0 Å². The number of halogens is 3. The predicted molar refractivity (Wildman–Crippen MR) is 62.2 cm³/mol. The lowest BCUT2D eigenvalue weighted by atomic mass is 10.2. The van der Waals surface area contributed by atoms with Crippen LogP contribution in [0.25, 0.3) is 0 Å². The molecule has 0 saturated heterocycles. The number of nitrogens with two attached hydrogens (primary N) is 1. The molecule has 0 bridgehead atoms. The van der Waals surface area contributed by atoms with Crippen LogP contribution in [0.4, 0.5) is 10.2 Å². The van der Waals surface area contributed by atoms with Crippen LogP contribution >= 0.6 is 23.2 Å². The Kier molecular flexibility index (Phi) is 3.03. The first-order valence-corrected chi connectivity index (χ1v) is 5.24. The third kappa shape index (κ3) is 2.13. The zero-order valence-corrected chi connectivity index (χ0v) is 9.63. The summed E-state index contributed by atoms with van der Waals surface area (Å²) in [4.78, 5) is 0. The van der Waals surface area contributed by atoms with Gasteiger partial charge in [0, 0.05) is 0 Å². The molecule has 0 aliphatic heterocycles. The van der Waals surface area contributed by atoms with Gasteiger partial charge in [-0.15, -0.1) is 0 Å². The van der Waals surface area contributed by atoms with Crippen molar-refractivity contribution in [1.82, 2.24) is 9.78 Å². The maximum atomic E-state index is 12.9. The molecule has 0 fully saturated rings. The molecule has 0 spiro atoms. The predicted octanol–water partition coefficient (Wildman–Crippen LogP) is 2.96. The number of hydrogen-bond acceptors (Lipinski definition) is 2. The van der Waals surface area contributed by atoms with Gasteiger partial charge >= 0.3 is 0 Å². The summed E-state index contributed by atoms with van der Waals surface area (Å²) in [5, 5.41) is 4.46. The van der Waals surface area contributed by atoms with Gasteiger partial charge in [-0.1, -0.05) is 29.3 Å². The van der Waals surface area contributed by atoms with E-state index in [0.29, 0.717) is 17.4 Å². The molecule has 2 N–H and O–H groups in total. The highest BCUT2D eigenvalue weighted by atomic mass is 35.5. The van der Waals surface area contributed by atoms with Crippen LogP contribution in [0, 0.1) is 5.82 Å². The number of nitrogens with zero attached hydrogens (tertiary/aromatic N) is 2. The van der Waals surface area contributed by atoms with E-state index >= 15 is 0 Å². The monoisotopic (exact) mass is 259 g/mol. The summed E-state index contributed by atoms with van der Waals surface area (Å²) in [5.41, 5.74) is 6.48. The second-order valence-corrected chi connectivity index (χ2v) is 4.10. The van der Waals surface area contributed by atoms with E-state index in [9.17, 15) is 4.39 Å². The summed E-state index contributed by atoms with van der Waals surface area (Å²) in [6.07, 6.45) is 1.46. The fourth-order valence-electron chi connectivity index (χ4n) is 1.31. The van der Waals surface area contributed by atoms with Crippen molar-refractivity contribution in [3.8, 4) is 0 Å². The molecule has 0 amide bonds. The van der Waals surface area contributed by atoms with Crippen LogP contribution in [-0.4, -0.2) is 9.78 Å². The van der Waals surface area contributed by atoms with Gasteiger partial charge < -0.3 is 5.73 Å². The largest absolute Gasteiger partial charge is 0.383 e. The number of hydrogen-bond donors (Lipinski definition) is 1. The SMILES string of the molecule is Nc1c(Cl)cnn1Cc1ccc(F)c(Cl)c1. The highest BCUT2D eigenvalue weighted by molar-refractivity contribution is 6.32. The van der Waals surface area contributed by atoms with Crippen molar-refractivity contribution < 1.29 is 4.39 Å². The molecule has 0 radical (unpaired) electrons. The number of aromatic nitrogens is 2. The normalized spacial score (nSPS) is 10.7. The van der Waals surface area contributed by atoms with Gasteiger partial charge in [0.1, 0.15) is 16.7 Å². The van der Waals surface area contributed by atoms with Crippen molar-refractivity contribution in [3.05, 3.63) is 45.8 Å². The van der Waals surface area contributed by atoms with Crippen molar-refractivity contribution in [2.75, 3.05) is 5.73 Å². The molecule has 0 saturated carbocycles. The van der Waals surface area contributed by atoms with Gasteiger partial charge in [0.2, 0.25) is 0 Å². The number of benzene rings is 1. The van der Waals surface area contributed by atoms with Crippen LogP contribution in [0.15, 0.2) is 24.4 Å². The molecular formula is C10H8Cl2FN3. The molecule has 0 aliphatic rings. The zero-order chi connectivity index (χ0) is 11.7. The Balaban J connectivity index is 2.27. The zero-order valence-electron chi connectivity index (χ0n) is 8.12. The second kappa shape index (κ2) is 4.31. The fraction of sp³-hybridized carbons (Fsp3) is 0.100. The first kappa shape index (κ1) is 11.2. The highest BCUT2D eigenvalue weighted by Gasteiger charge is 2.07. The molecule has 1 aromatic heterocycles. The van der Waals surface area contributed by atoms with Crippen molar-refractivity contribution in [2.24, 2.45) is 0 Å². The summed E-state index contributed by atoms with van der Waals surface area (Å²) < 4.78 is 14.4. The first-order chi connectivity index (χ1) is 7.58. The lowest BCUT2D eigenvalue weighted by Crippen LogP contribution is -2.05. The number of rotatable bonds is 2. The van der Waals surface area contributed by atoms with Crippen LogP contribution in [0.5, 0.6) is 0 Å². The minimum atomic E-state index is -0.447. The van der Waals surface area contributed by atoms with Crippen molar-refractivity contribution in [1.29, 1.82) is 0 Å². The van der Waals surface area contributed by atoms with Crippen molar-refractivity contribution in [3.63, 3.8) is 0 Å². The van der Waals surface area contributed by atoms with E-state index in [2.05, 4.69) is 5.10 Å². The van der Waals surface area contributed by atoms with Crippen LogP contribution < -0.4 is 5.73 Å². The summed E-state index contributed by atoms with van der Waals surface area (Å²) >= 11 is 11.4. The van der Waals surface area contributed by atoms with Crippen molar-refractivity contribution in [2.45, 2.75) is 6.54 Å². The van der Waals surface area contributed by atoms with Crippen LogP contribution in [-0.2, 0) is 6.54 Å². The lowest BCUT2D eigenvalue weighted by molar-refractivity contribution is 0.625. The minimum Gasteiger partial charge on any atom is -0.383 e. The van der Waals surface area contributed by atoms with E-state index in [1.54, 1.807) is 6.07 Å². The standard InChI is InChI=1S/C10H8Cl2FN3/c11-7-3-6(1-2-9(7)13)5-16-10(14)8(12)4-15-16/h1-4H,5,14H2. The van der Waals surface area contributed by atoms with Gasteiger partial charge in [-0.25, -0.2) is 9.07 Å². The average molecular weight is 260 g/mol. The summed E-state index contributed by atoms with van der Waals surface area (Å²) in [6.45, 7) is 0.401. The van der Waals surface area contributed by atoms with E-state index in [4.69, 9.17) is 28.9 Å². The highest BCUT2D eigenvalue weighted by Crippen LogP contribution is 2.20. The minimum absolute atomic E-state index is 0.0781. The van der Waals surface area contributed by atoms with Crippen LogP contribution in [0.3, 0.4) is 0 Å². The smallest absolute Gasteiger partial charge is 0.141 e. The quantitative estimate of drug-likeness (QED) is 0.902. The maximum Gasteiger partial charge on any atom is 0.141 e. The lowest BCUT2D eigenvalue weighted by Gasteiger charge is -2.05. The maximum absolute atomic E-state index is 12.9. The molecule has 6 heteroatoms. The molecule has 2 aromatic rings. The van der Waals surface area contributed by atoms with E-state index in [1.165, 1.54) is 23.0 Å². The summed E-state index contributed by atoms with van der Waals surface area (Å²) in [5.74, 6) is -0.0704. The molecule has 0 aliphatic carbocycles. The van der Waals surface area contributed by atoms with E-state index in [-0.39, 0.29) is 5.02 Å². The Hall–Kier alpha value is -1.26. The summed E-state index contributed by atoms with van der Waals surface area (Å²) in [7, 11) is 0. The Morgan fingerprint density at radius 1 is 1.31 bits per heavy atom. The molecular weight excluding hydrogens is 252 g/mol. The molecule has 2 rings (SSSR count). The van der Waals surface area contributed by atoms with Crippen LogP contribution in [0.1, 0.15) is 5.56 Å². The summed E-state index contributed by atoms with van der Waals surface area (Å²) in [6, 6.07) is 4.46. The average Bonchev–Trinajstić information content (AvgIpc) is 2.55. The molecule has 1 heterocycles. The molecule has 84 valence electrons.